The van der Waals surface area contributed by atoms with Gasteiger partial charge in [0, 0.05) is 11.1 Å². The van der Waals surface area contributed by atoms with Crippen molar-refractivity contribution in [3.8, 4) is 0 Å². The van der Waals surface area contributed by atoms with Crippen LogP contribution in [-0.4, -0.2) is 28.4 Å². The number of aromatic nitrogens is 1. The molecule has 0 saturated carbocycles. The minimum atomic E-state index is -0.715. The number of hydrogen-bond acceptors (Lipinski definition) is 7. The van der Waals surface area contributed by atoms with Gasteiger partial charge in [0.1, 0.15) is 10.6 Å². The Labute approximate surface area is 145 Å². The van der Waals surface area contributed by atoms with Crippen LogP contribution in [0.5, 0.6) is 0 Å². The van der Waals surface area contributed by atoms with E-state index in [2.05, 4.69) is 10.3 Å². The molecule has 2 aromatic rings. The maximum Gasteiger partial charge on any atom is 0.350 e. The number of thiazole rings is 1. The molecule has 0 saturated heterocycles. The normalized spacial score (nSPS) is 10.3. The van der Waals surface area contributed by atoms with Crippen molar-refractivity contribution in [3.63, 3.8) is 0 Å². The lowest BCUT2D eigenvalue weighted by Crippen LogP contribution is -2.21. The Hall–Kier alpha value is -2.52. The number of aryl methyl sites for hydroxylation is 2. The van der Waals surface area contributed by atoms with Crippen LogP contribution in [0.3, 0.4) is 0 Å². The third-order valence-corrected chi connectivity index (χ3v) is 4.14. The third-order valence-electron chi connectivity index (χ3n) is 2.85. The van der Waals surface area contributed by atoms with Crippen molar-refractivity contribution in [1.82, 2.24) is 4.98 Å². The van der Waals surface area contributed by atoms with Gasteiger partial charge in [0.15, 0.2) is 6.61 Å². The summed E-state index contributed by atoms with van der Waals surface area (Å²) in [7, 11) is 0. The van der Waals surface area contributed by atoms with Gasteiger partial charge < -0.3 is 10.1 Å². The molecule has 1 aromatic heterocycles. The van der Waals surface area contributed by atoms with E-state index >= 15 is 0 Å². The second-order valence-electron chi connectivity index (χ2n) is 4.69. The number of rotatable bonds is 5. The van der Waals surface area contributed by atoms with E-state index in [0.717, 1.165) is 11.3 Å². The first kappa shape index (κ1) is 17.8. The standard InChI is InChI=1S/C14H12ClN3O5S/c1-7-13(24-8(2)16-7)14(20)23-6-12(19)17-10-5-9(15)3-4-11(10)18(21)22/h3-5H,6H2,1-2H3,(H,17,19). The molecule has 0 spiro atoms. The average Bonchev–Trinajstić information content (AvgIpc) is 2.83. The van der Waals surface area contributed by atoms with E-state index in [1.54, 1.807) is 13.8 Å². The van der Waals surface area contributed by atoms with Crippen LogP contribution in [0.2, 0.25) is 5.02 Å². The van der Waals surface area contributed by atoms with Crippen LogP contribution in [-0.2, 0) is 9.53 Å². The first-order chi connectivity index (χ1) is 11.3. The molecule has 0 fully saturated rings. The summed E-state index contributed by atoms with van der Waals surface area (Å²) < 4.78 is 4.90. The quantitative estimate of drug-likeness (QED) is 0.492. The maximum absolute atomic E-state index is 11.9. The fourth-order valence-electron chi connectivity index (χ4n) is 1.87. The number of anilines is 1. The molecule has 126 valence electrons. The van der Waals surface area contributed by atoms with Gasteiger partial charge >= 0.3 is 5.97 Å². The van der Waals surface area contributed by atoms with E-state index in [-0.39, 0.29) is 16.4 Å². The van der Waals surface area contributed by atoms with Crippen molar-refractivity contribution in [3.05, 3.63) is 48.9 Å². The topological polar surface area (TPSA) is 111 Å². The first-order valence-electron chi connectivity index (χ1n) is 6.63. The van der Waals surface area contributed by atoms with E-state index in [1.807, 2.05) is 0 Å². The van der Waals surface area contributed by atoms with Crippen molar-refractivity contribution >= 4 is 46.2 Å². The Morgan fingerprint density at radius 3 is 2.71 bits per heavy atom. The summed E-state index contributed by atoms with van der Waals surface area (Å²) in [6.07, 6.45) is 0. The summed E-state index contributed by atoms with van der Waals surface area (Å²) in [4.78, 5) is 38.4. The Bertz CT molecular complexity index is 821. The molecule has 0 bridgehead atoms. The lowest BCUT2D eigenvalue weighted by Gasteiger charge is -2.07. The van der Waals surface area contributed by atoms with Crippen molar-refractivity contribution in [2.24, 2.45) is 0 Å². The molecule has 1 amide bonds. The number of nitro benzene ring substituents is 1. The first-order valence-corrected chi connectivity index (χ1v) is 7.82. The predicted octanol–water partition coefficient (Wildman–Crippen LogP) is 3.12. The summed E-state index contributed by atoms with van der Waals surface area (Å²) in [6.45, 7) is 2.83. The number of ether oxygens (including phenoxy) is 1. The van der Waals surface area contributed by atoms with Crippen LogP contribution in [0, 0.1) is 24.0 Å². The van der Waals surface area contributed by atoms with Gasteiger partial charge in [-0.3, -0.25) is 14.9 Å². The lowest BCUT2D eigenvalue weighted by molar-refractivity contribution is -0.383. The number of halogens is 1. The molecule has 1 aromatic carbocycles. The van der Waals surface area contributed by atoms with E-state index in [0.29, 0.717) is 15.6 Å². The van der Waals surface area contributed by atoms with Crippen LogP contribution in [0.25, 0.3) is 0 Å². The van der Waals surface area contributed by atoms with Gasteiger partial charge in [-0.05, 0) is 26.0 Å². The van der Waals surface area contributed by atoms with Crippen molar-refractivity contribution in [2.75, 3.05) is 11.9 Å². The minimum absolute atomic E-state index is 0.0710. The van der Waals surface area contributed by atoms with Gasteiger partial charge in [-0.15, -0.1) is 11.3 Å². The Morgan fingerprint density at radius 2 is 2.12 bits per heavy atom. The number of amides is 1. The number of esters is 1. The van der Waals surface area contributed by atoms with Crippen molar-refractivity contribution in [1.29, 1.82) is 0 Å². The fraction of sp³-hybridized carbons (Fsp3) is 0.214. The zero-order valence-electron chi connectivity index (χ0n) is 12.7. The van der Waals surface area contributed by atoms with E-state index in [9.17, 15) is 19.7 Å². The number of nitrogens with one attached hydrogen (secondary N) is 1. The Kier molecular flexibility index (Phi) is 5.47. The second-order valence-corrected chi connectivity index (χ2v) is 6.33. The third kappa shape index (κ3) is 4.27. The summed E-state index contributed by atoms with van der Waals surface area (Å²) in [5.74, 6) is -1.39. The highest BCUT2D eigenvalue weighted by Crippen LogP contribution is 2.27. The number of benzene rings is 1. The molecule has 1 N–H and O–H groups in total. The highest BCUT2D eigenvalue weighted by molar-refractivity contribution is 7.13. The molecule has 0 aliphatic rings. The second kappa shape index (κ2) is 7.37. The summed E-state index contributed by atoms with van der Waals surface area (Å²) in [5.41, 5.74) is 0.139. The molecular weight excluding hydrogens is 358 g/mol. The monoisotopic (exact) mass is 369 g/mol. The van der Waals surface area contributed by atoms with E-state index in [4.69, 9.17) is 16.3 Å². The molecule has 0 aliphatic carbocycles. The Morgan fingerprint density at radius 1 is 1.42 bits per heavy atom. The van der Waals surface area contributed by atoms with E-state index in [1.165, 1.54) is 18.2 Å². The van der Waals surface area contributed by atoms with Crippen molar-refractivity contribution < 1.29 is 19.2 Å². The smallest absolute Gasteiger partial charge is 0.350 e. The SMILES string of the molecule is Cc1nc(C)c(C(=O)OCC(=O)Nc2cc(Cl)ccc2[N+](=O)[O-])s1. The fourth-order valence-corrected chi connectivity index (χ4v) is 2.86. The maximum atomic E-state index is 11.9. The molecule has 1 heterocycles. The van der Waals surface area contributed by atoms with Gasteiger partial charge in [0.2, 0.25) is 0 Å². The summed E-state index contributed by atoms with van der Waals surface area (Å²) in [6, 6.07) is 3.76. The molecule has 2 rings (SSSR count). The molecule has 10 heteroatoms. The molecular formula is C14H12ClN3O5S. The van der Waals surface area contributed by atoms with Gasteiger partial charge in [-0.25, -0.2) is 9.78 Å². The molecule has 0 aliphatic heterocycles. The zero-order chi connectivity index (χ0) is 17.9. The Balaban J connectivity index is 2.01. The van der Waals surface area contributed by atoms with Crippen LogP contribution in [0.4, 0.5) is 11.4 Å². The zero-order valence-corrected chi connectivity index (χ0v) is 14.2. The van der Waals surface area contributed by atoms with Gasteiger partial charge in [-0.2, -0.15) is 0 Å². The van der Waals surface area contributed by atoms with E-state index < -0.39 is 23.4 Å². The van der Waals surface area contributed by atoms with Crippen LogP contribution < -0.4 is 5.32 Å². The van der Waals surface area contributed by atoms with Crippen LogP contribution in [0.1, 0.15) is 20.4 Å². The predicted molar refractivity (Wildman–Crippen MR) is 88.6 cm³/mol. The summed E-state index contributed by atoms with van der Waals surface area (Å²) >= 11 is 6.93. The van der Waals surface area contributed by atoms with Crippen LogP contribution in [0.15, 0.2) is 18.2 Å². The number of carbonyl (C=O) groups excluding carboxylic acids is 2. The molecule has 0 unspecified atom stereocenters. The number of hydrogen-bond donors (Lipinski definition) is 1. The lowest BCUT2D eigenvalue weighted by atomic mass is 10.2. The molecule has 24 heavy (non-hydrogen) atoms. The van der Waals surface area contributed by atoms with Crippen molar-refractivity contribution in [2.45, 2.75) is 13.8 Å². The van der Waals surface area contributed by atoms with Crippen LogP contribution >= 0.6 is 22.9 Å². The number of nitro groups is 1. The van der Waals surface area contributed by atoms with Gasteiger partial charge in [0.05, 0.1) is 15.6 Å². The molecule has 0 atom stereocenters. The highest BCUT2D eigenvalue weighted by Gasteiger charge is 2.19. The largest absolute Gasteiger partial charge is 0.451 e. The summed E-state index contributed by atoms with van der Waals surface area (Å²) in [5, 5.41) is 14.2. The van der Waals surface area contributed by atoms with Gasteiger partial charge in [0.25, 0.3) is 11.6 Å². The average molecular weight is 370 g/mol. The number of carbonyl (C=O) groups is 2. The molecule has 0 radical (unpaired) electrons. The van der Waals surface area contributed by atoms with Gasteiger partial charge in [-0.1, -0.05) is 11.6 Å². The number of nitrogens with zero attached hydrogens (tertiary/aromatic N) is 2. The molecule has 8 nitrogen and oxygen atoms in total. The minimum Gasteiger partial charge on any atom is -0.451 e. The highest BCUT2D eigenvalue weighted by atomic mass is 35.5.